The Bertz CT molecular complexity index is 592. The molecule has 0 fully saturated rings. The molecule has 0 saturated heterocycles. The Kier molecular flexibility index (Phi) is 3.57. The Morgan fingerprint density at radius 3 is 2.61 bits per heavy atom. The van der Waals surface area contributed by atoms with E-state index in [0.717, 1.165) is 5.69 Å². The number of hydrogen-bond donors (Lipinski definition) is 2. The maximum absolute atomic E-state index is 11.9. The Hall–Kier alpha value is -2.80. The summed E-state index contributed by atoms with van der Waals surface area (Å²) in [7, 11) is 0. The number of H-pyrrole nitrogens is 1. The summed E-state index contributed by atoms with van der Waals surface area (Å²) >= 11 is 0. The molecule has 0 aliphatic rings. The number of hydrogen-bond acceptors (Lipinski definition) is 2. The number of rotatable bonds is 3. The molecule has 1 aromatic heterocycles. The molecule has 0 aliphatic carbocycles. The second-order valence-electron chi connectivity index (χ2n) is 3.62. The lowest BCUT2D eigenvalue weighted by Gasteiger charge is -2.03. The zero-order valence-corrected chi connectivity index (χ0v) is 9.55. The van der Waals surface area contributed by atoms with E-state index in [1.165, 1.54) is 6.08 Å². The third-order valence-corrected chi connectivity index (χ3v) is 2.32. The fourth-order valence-corrected chi connectivity index (χ4v) is 1.46. The van der Waals surface area contributed by atoms with E-state index < -0.39 is 5.91 Å². The molecule has 1 aromatic carbocycles. The molecule has 2 aromatic rings. The fourth-order valence-electron chi connectivity index (χ4n) is 1.46. The first-order valence-corrected chi connectivity index (χ1v) is 5.41. The number of carbonyl (C=O) groups excluding carboxylic acids is 1. The first-order valence-electron chi connectivity index (χ1n) is 5.41. The normalized spacial score (nSPS) is 10.7. The summed E-state index contributed by atoms with van der Waals surface area (Å²) in [5.74, 6) is -0.418. The van der Waals surface area contributed by atoms with Crippen molar-refractivity contribution in [3.63, 3.8) is 0 Å². The minimum absolute atomic E-state index is 0.0568. The van der Waals surface area contributed by atoms with Crippen LogP contribution in [0.5, 0.6) is 0 Å². The SMILES string of the molecule is N#C/C(=C/c1ccc[nH]1)C(=O)Nc1ccccc1. The van der Waals surface area contributed by atoms with Crippen LogP contribution >= 0.6 is 0 Å². The van der Waals surface area contributed by atoms with Gasteiger partial charge in [0.1, 0.15) is 11.6 Å². The van der Waals surface area contributed by atoms with Crippen LogP contribution in [0.25, 0.3) is 6.08 Å². The number of benzene rings is 1. The molecule has 0 atom stereocenters. The molecule has 0 bridgehead atoms. The summed E-state index contributed by atoms with van der Waals surface area (Å²) < 4.78 is 0. The van der Waals surface area contributed by atoms with E-state index in [1.54, 1.807) is 30.5 Å². The number of para-hydroxylation sites is 1. The maximum atomic E-state index is 11.9. The molecule has 0 saturated carbocycles. The van der Waals surface area contributed by atoms with Gasteiger partial charge in [0, 0.05) is 17.6 Å². The van der Waals surface area contributed by atoms with Crippen molar-refractivity contribution in [2.24, 2.45) is 0 Å². The second-order valence-corrected chi connectivity index (χ2v) is 3.62. The molecule has 1 amide bonds. The van der Waals surface area contributed by atoms with Crippen molar-refractivity contribution in [2.75, 3.05) is 5.32 Å². The minimum Gasteiger partial charge on any atom is -0.362 e. The Morgan fingerprint density at radius 2 is 2.00 bits per heavy atom. The largest absolute Gasteiger partial charge is 0.362 e. The highest BCUT2D eigenvalue weighted by Crippen LogP contribution is 2.09. The van der Waals surface area contributed by atoms with Gasteiger partial charge in [0.15, 0.2) is 0 Å². The van der Waals surface area contributed by atoms with Gasteiger partial charge in [-0.15, -0.1) is 0 Å². The number of nitrogens with one attached hydrogen (secondary N) is 2. The van der Waals surface area contributed by atoms with E-state index in [0.29, 0.717) is 5.69 Å². The molecule has 2 N–H and O–H groups in total. The lowest BCUT2D eigenvalue weighted by atomic mass is 10.2. The van der Waals surface area contributed by atoms with Crippen LogP contribution in [-0.2, 0) is 4.79 Å². The first-order chi connectivity index (χ1) is 8.79. The molecule has 0 radical (unpaired) electrons. The lowest BCUT2D eigenvalue weighted by molar-refractivity contribution is -0.112. The van der Waals surface area contributed by atoms with Crippen molar-refractivity contribution in [1.29, 1.82) is 5.26 Å². The highest BCUT2D eigenvalue weighted by atomic mass is 16.1. The molecule has 4 nitrogen and oxygen atoms in total. The van der Waals surface area contributed by atoms with Gasteiger partial charge in [-0.25, -0.2) is 0 Å². The van der Waals surface area contributed by atoms with Crippen molar-refractivity contribution in [3.05, 3.63) is 59.9 Å². The van der Waals surface area contributed by atoms with Crippen molar-refractivity contribution in [1.82, 2.24) is 4.98 Å². The molecule has 0 aliphatic heterocycles. The molecule has 2 rings (SSSR count). The van der Waals surface area contributed by atoms with Crippen LogP contribution in [-0.4, -0.2) is 10.9 Å². The number of carbonyl (C=O) groups is 1. The van der Waals surface area contributed by atoms with Crippen molar-refractivity contribution in [2.45, 2.75) is 0 Å². The van der Waals surface area contributed by atoms with Crippen molar-refractivity contribution in [3.8, 4) is 6.07 Å². The minimum atomic E-state index is -0.418. The number of nitrogens with zero attached hydrogens (tertiary/aromatic N) is 1. The summed E-state index contributed by atoms with van der Waals surface area (Å²) in [4.78, 5) is 14.8. The van der Waals surface area contributed by atoms with Gasteiger partial charge in [-0.1, -0.05) is 18.2 Å². The van der Waals surface area contributed by atoms with Crippen molar-refractivity contribution >= 4 is 17.7 Å². The fraction of sp³-hybridized carbons (Fsp3) is 0. The lowest BCUT2D eigenvalue weighted by Crippen LogP contribution is -2.13. The summed E-state index contributed by atoms with van der Waals surface area (Å²) in [6, 6.07) is 14.5. The third-order valence-electron chi connectivity index (χ3n) is 2.32. The van der Waals surface area contributed by atoms with Gasteiger partial charge in [0.05, 0.1) is 0 Å². The van der Waals surface area contributed by atoms with Gasteiger partial charge in [-0.2, -0.15) is 5.26 Å². The molecule has 0 spiro atoms. The molecule has 18 heavy (non-hydrogen) atoms. The maximum Gasteiger partial charge on any atom is 0.266 e. The number of nitriles is 1. The molecule has 1 heterocycles. The molecule has 88 valence electrons. The average Bonchev–Trinajstić information content (AvgIpc) is 2.90. The molecular formula is C14H11N3O. The zero-order chi connectivity index (χ0) is 12.8. The molecule has 4 heteroatoms. The highest BCUT2D eigenvalue weighted by Gasteiger charge is 2.09. The summed E-state index contributed by atoms with van der Waals surface area (Å²) in [5, 5.41) is 11.6. The summed E-state index contributed by atoms with van der Waals surface area (Å²) in [5.41, 5.74) is 1.44. The van der Waals surface area contributed by atoms with Crippen LogP contribution in [0.3, 0.4) is 0 Å². The third kappa shape index (κ3) is 2.86. The van der Waals surface area contributed by atoms with Gasteiger partial charge in [0.2, 0.25) is 0 Å². The number of aromatic nitrogens is 1. The number of amides is 1. The zero-order valence-electron chi connectivity index (χ0n) is 9.55. The number of aromatic amines is 1. The van der Waals surface area contributed by atoms with Crippen LogP contribution in [0.15, 0.2) is 54.2 Å². The van der Waals surface area contributed by atoms with Crippen LogP contribution in [0.4, 0.5) is 5.69 Å². The standard InChI is InChI=1S/C14H11N3O/c15-10-11(9-13-7-4-8-16-13)14(18)17-12-5-2-1-3-6-12/h1-9,16H,(H,17,18)/b11-9-. The Morgan fingerprint density at radius 1 is 1.22 bits per heavy atom. The van der Waals surface area contributed by atoms with Crippen LogP contribution in [0.1, 0.15) is 5.69 Å². The second kappa shape index (κ2) is 5.51. The average molecular weight is 237 g/mol. The van der Waals surface area contributed by atoms with Gasteiger partial charge in [-0.3, -0.25) is 4.79 Å². The predicted molar refractivity (Wildman–Crippen MR) is 69.5 cm³/mol. The molecule has 0 unspecified atom stereocenters. The summed E-state index contributed by atoms with van der Waals surface area (Å²) in [6.07, 6.45) is 3.24. The quantitative estimate of drug-likeness (QED) is 0.636. The van der Waals surface area contributed by atoms with Gasteiger partial charge >= 0.3 is 0 Å². The van der Waals surface area contributed by atoms with Crippen LogP contribution in [0.2, 0.25) is 0 Å². The van der Waals surface area contributed by atoms with E-state index in [4.69, 9.17) is 5.26 Å². The van der Waals surface area contributed by atoms with Crippen molar-refractivity contribution < 1.29 is 4.79 Å². The van der Waals surface area contributed by atoms with Gasteiger partial charge in [0.25, 0.3) is 5.91 Å². The predicted octanol–water partition coefficient (Wildman–Crippen LogP) is 2.56. The van der Waals surface area contributed by atoms with Gasteiger partial charge < -0.3 is 10.3 Å². The van der Waals surface area contributed by atoms with Gasteiger partial charge in [-0.05, 0) is 30.3 Å². The molecular weight excluding hydrogens is 226 g/mol. The summed E-state index contributed by atoms with van der Waals surface area (Å²) in [6.45, 7) is 0. The topological polar surface area (TPSA) is 68.7 Å². The van der Waals surface area contributed by atoms with E-state index in [-0.39, 0.29) is 5.57 Å². The van der Waals surface area contributed by atoms with Crippen LogP contribution < -0.4 is 5.32 Å². The Labute approximate surface area is 105 Å². The monoisotopic (exact) mass is 237 g/mol. The smallest absolute Gasteiger partial charge is 0.266 e. The Balaban J connectivity index is 2.15. The van der Waals surface area contributed by atoms with Crippen LogP contribution in [0, 0.1) is 11.3 Å². The van der Waals surface area contributed by atoms with E-state index in [2.05, 4.69) is 10.3 Å². The van der Waals surface area contributed by atoms with E-state index >= 15 is 0 Å². The van der Waals surface area contributed by atoms with E-state index in [1.807, 2.05) is 24.3 Å². The first kappa shape index (κ1) is 11.7. The highest BCUT2D eigenvalue weighted by molar-refractivity contribution is 6.09. The van der Waals surface area contributed by atoms with E-state index in [9.17, 15) is 4.79 Å². The number of anilines is 1.